The first-order valence-corrected chi connectivity index (χ1v) is 9.85. The first kappa shape index (κ1) is 18.0. The van der Waals surface area contributed by atoms with Crippen molar-refractivity contribution < 1.29 is 9.53 Å². The lowest BCUT2D eigenvalue weighted by molar-refractivity contribution is 0.0170. The number of ether oxygens (including phenoxy) is 1. The van der Waals surface area contributed by atoms with Gasteiger partial charge in [0.2, 0.25) is 0 Å². The smallest absolute Gasteiger partial charge is 0.276 e. The van der Waals surface area contributed by atoms with E-state index in [0.717, 1.165) is 37.9 Å². The highest BCUT2D eigenvalue weighted by Crippen LogP contribution is 2.27. The number of carbonyl (C=O) groups is 1. The van der Waals surface area contributed by atoms with Crippen molar-refractivity contribution in [2.24, 2.45) is 5.73 Å². The highest BCUT2D eigenvalue weighted by molar-refractivity contribution is 5.92. The lowest BCUT2D eigenvalue weighted by Crippen LogP contribution is -2.56. The monoisotopic (exact) mass is 369 g/mol. The van der Waals surface area contributed by atoms with Crippen molar-refractivity contribution in [3.8, 4) is 5.75 Å². The summed E-state index contributed by atoms with van der Waals surface area (Å²) in [4.78, 5) is 14.4. The number of hydrogen-bond acceptors (Lipinski definition) is 5. The average molecular weight is 369 g/mol. The zero-order valence-corrected chi connectivity index (χ0v) is 15.8. The van der Waals surface area contributed by atoms with E-state index < -0.39 is 0 Å². The van der Waals surface area contributed by atoms with Gasteiger partial charge in [0.05, 0.1) is 25.3 Å². The summed E-state index contributed by atoms with van der Waals surface area (Å²) in [5.74, 6) is 0.843. The molecule has 1 saturated carbocycles. The predicted octanol–water partition coefficient (Wildman–Crippen LogP) is 2.19. The number of hydrogen-bond donors (Lipinski definition) is 1. The van der Waals surface area contributed by atoms with Crippen LogP contribution in [0.15, 0.2) is 30.5 Å². The fourth-order valence-electron chi connectivity index (χ4n) is 3.85. The first-order chi connectivity index (χ1) is 13.1. The van der Waals surface area contributed by atoms with Crippen LogP contribution in [-0.4, -0.2) is 51.0 Å². The third-order valence-electron chi connectivity index (χ3n) is 5.63. The second-order valence-corrected chi connectivity index (χ2v) is 7.56. The highest BCUT2D eigenvalue weighted by atomic mass is 16.5. The minimum absolute atomic E-state index is 0.0385. The van der Waals surface area contributed by atoms with Gasteiger partial charge in [0, 0.05) is 6.04 Å². The summed E-state index contributed by atoms with van der Waals surface area (Å²) in [5.41, 5.74) is 7.57. The van der Waals surface area contributed by atoms with Gasteiger partial charge in [-0.25, -0.2) is 4.68 Å². The predicted molar refractivity (Wildman–Crippen MR) is 102 cm³/mol. The molecule has 2 heterocycles. The van der Waals surface area contributed by atoms with Gasteiger partial charge in [-0.1, -0.05) is 30.3 Å². The van der Waals surface area contributed by atoms with Gasteiger partial charge >= 0.3 is 0 Å². The molecular formula is C20H27N5O2. The number of likely N-dealkylation sites (tertiary alicyclic amines) is 1. The Kier molecular flexibility index (Phi) is 5.11. The Morgan fingerprint density at radius 2 is 1.96 bits per heavy atom. The second-order valence-electron chi connectivity index (χ2n) is 7.56. The normalized spacial score (nSPS) is 23.1. The number of rotatable bonds is 5. The summed E-state index contributed by atoms with van der Waals surface area (Å²) in [6, 6.07) is 8.66. The zero-order valence-electron chi connectivity index (χ0n) is 15.8. The van der Waals surface area contributed by atoms with Crippen molar-refractivity contribution in [3.63, 3.8) is 0 Å². The Morgan fingerprint density at radius 1 is 1.22 bits per heavy atom. The molecule has 1 aromatic heterocycles. The maximum absolute atomic E-state index is 12.6. The lowest BCUT2D eigenvalue weighted by Gasteiger charge is -2.38. The van der Waals surface area contributed by atoms with Crippen molar-refractivity contribution in [1.82, 2.24) is 19.9 Å². The SMILES string of the molecule is CCc1ccccc1OC1CN(C(=O)c2cn(C3CCC(N)CC3)nn2)C1. The van der Waals surface area contributed by atoms with E-state index in [2.05, 4.69) is 23.3 Å². The molecule has 0 unspecified atom stereocenters. The average Bonchev–Trinajstić information content (AvgIpc) is 3.15. The minimum Gasteiger partial charge on any atom is -0.486 e. The van der Waals surface area contributed by atoms with Crippen LogP contribution in [-0.2, 0) is 6.42 Å². The molecule has 0 bridgehead atoms. The summed E-state index contributed by atoms with van der Waals surface area (Å²) in [6.07, 6.45) is 6.74. The molecule has 4 rings (SSSR count). The maximum atomic E-state index is 12.6. The second kappa shape index (κ2) is 7.68. The van der Waals surface area contributed by atoms with Crippen molar-refractivity contribution in [2.75, 3.05) is 13.1 Å². The molecule has 2 aromatic rings. The largest absolute Gasteiger partial charge is 0.486 e. The van der Waals surface area contributed by atoms with E-state index in [-0.39, 0.29) is 12.0 Å². The molecular weight excluding hydrogens is 342 g/mol. The van der Waals surface area contributed by atoms with Gasteiger partial charge in [-0.2, -0.15) is 0 Å². The van der Waals surface area contributed by atoms with Crippen molar-refractivity contribution in [1.29, 1.82) is 0 Å². The molecule has 7 nitrogen and oxygen atoms in total. The number of aryl methyl sites for hydroxylation is 1. The summed E-state index contributed by atoms with van der Waals surface area (Å²) in [7, 11) is 0. The molecule has 0 spiro atoms. The third-order valence-corrected chi connectivity index (χ3v) is 5.63. The quantitative estimate of drug-likeness (QED) is 0.873. The Morgan fingerprint density at radius 3 is 2.70 bits per heavy atom. The molecule has 1 aliphatic carbocycles. The number of carbonyl (C=O) groups excluding carboxylic acids is 1. The molecule has 2 aliphatic rings. The van der Waals surface area contributed by atoms with Crippen LogP contribution < -0.4 is 10.5 Å². The summed E-state index contributed by atoms with van der Waals surface area (Å²) < 4.78 is 7.89. The molecule has 0 atom stereocenters. The van der Waals surface area contributed by atoms with Crippen LogP contribution in [0.1, 0.15) is 54.7 Å². The van der Waals surface area contributed by atoms with Gasteiger partial charge in [-0.15, -0.1) is 5.10 Å². The summed E-state index contributed by atoms with van der Waals surface area (Å²) >= 11 is 0. The molecule has 1 aromatic carbocycles. The number of benzene rings is 1. The van der Waals surface area contributed by atoms with Crippen LogP contribution in [0.4, 0.5) is 0 Å². The van der Waals surface area contributed by atoms with E-state index in [9.17, 15) is 4.79 Å². The van der Waals surface area contributed by atoms with Crippen LogP contribution in [0.5, 0.6) is 5.75 Å². The van der Waals surface area contributed by atoms with E-state index in [0.29, 0.717) is 30.9 Å². The molecule has 2 N–H and O–H groups in total. The zero-order chi connectivity index (χ0) is 18.8. The maximum Gasteiger partial charge on any atom is 0.276 e. The Bertz CT molecular complexity index is 791. The number of nitrogens with two attached hydrogens (primary N) is 1. The van der Waals surface area contributed by atoms with E-state index in [4.69, 9.17) is 10.5 Å². The molecule has 7 heteroatoms. The number of para-hydroxylation sites is 1. The number of amides is 1. The van der Waals surface area contributed by atoms with E-state index in [1.165, 1.54) is 5.56 Å². The van der Waals surface area contributed by atoms with Crippen LogP contribution in [0.25, 0.3) is 0 Å². The van der Waals surface area contributed by atoms with E-state index >= 15 is 0 Å². The van der Waals surface area contributed by atoms with Gasteiger partial charge < -0.3 is 15.4 Å². The summed E-state index contributed by atoms with van der Waals surface area (Å²) in [6.45, 7) is 3.28. The van der Waals surface area contributed by atoms with Gasteiger partial charge in [0.25, 0.3) is 5.91 Å². The first-order valence-electron chi connectivity index (χ1n) is 9.85. The Labute approximate surface area is 159 Å². The van der Waals surface area contributed by atoms with Crippen LogP contribution in [0, 0.1) is 0 Å². The molecule has 27 heavy (non-hydrogen) atoms. The lowest BCUT2D eigenvalue weighted by atomic mass is 9.92. The molecule has 1 saturated heterocycles. The molecule has 1 amide bonds. The third kappa shape index (κ3) is 3.83. The molecule has 2 fully saturated rings. The minimum atomic E-state index is -0.0719. The highest BCUT2D eigenvalue weighted by Gasteiger charge is 2.34. The van der Waals surface area contributed by atoms with Crippen LogP contribution >= 0.6 is 0 Å². The standard InChI is InChI=1S/C20H27N5O2/c1-2-14-5-3-4-6-19(14)27-17-11-24(12-17)20(26)18-13-25(23-22-18)16-9-7-15(21)8-10-16/h3-6,13,15-17H,2,7-12,21H2,1H3. The van der Waals surface area contributed by atoms with Gasteiger partial charge in [-0.3, -0.25) is 4.79 Å². The molecule has 1 aliphatic heterocycles. The Hall–Kier alpha value is -2.41. The fourth-order valence-corrected chi connectivity index (χ4v) is 3.85. The fraction of sp³-hybridized carbons (Fsp3) is 0.550. The van der Waals surface area contributed by atoms with Gasteiger partial charge in [0.15, 0.2) is 5.69 Å². The number of aromatic nitrogens is 3. The van der Waals surface area contributed by atoms with Crippen LogP contribution in [0.3, 0.4) is 0 Å². The summed E-state index contributed by atoms with van der Waals surface area (Å²) in [5, 5.41) is 8.28. The topological polar surface area (TPSA) is 86.3 Å². The van der Waals surface area contributed by atoms with E-state index in [1.807, 2.05) is 22.9 Å². The number of nitrogens with zero attached hydrogens (tertiary/aromatic N) is 4. The van der Waals surface area contributed by atoms with Gasteiger partial charge in [0.1, 0.15) is 11.9 Å². The molecule has 0 radical (unpaired) electrons. The van der Waals surface area contributed by atoms with E-state index in [1.54, 1.807) is 11.1 Å². The van der Waals surface area contributed by atoms with Crippen LogP contribution in [0.2, 0.25) is 0 Å². The van der Waals surface area contributed by atoms with Crippen molar-refractivity contribution >= 4 is 5.91 Å². The Balaban J connectivity index is 1.31. The van der Waals surface area contributed by atoms with Gasteiger partial charge in [-0.05, 0) is 43.7 Å². The van der Waals surface area contributed by atoms with Crippen molar-refractivity contribution in [2.45, 2.75) is 57.2 Å². The molecule has 144 valence electrons. The van der Waals surface area contributed by atoms with Crippen molar-refractivity contribution in [3.05, 3.63) is 41.7 Å².